The summed E-state index contributed by atoms with van der Waals surface area (Å²) in [4.78, 5) is 13.5. The Bertz CT molecular complexity index is 261. The van der Waals surface area contributed by atoms with Crippen molar-refractivity contribution >= 4 is 6.03 Å². The van der Waals surface area contributed by atoms with Gasteiger partial charge in [0.25, 0.3) is 0 Å². The lowest BCUT2D eigenvalue weighted by atomic mass is 9.96. The number of likely N-dealkylation sites (tertiary alicyclic amines) is 1. The van der Waals surface area contributed by atoms with Crippen molar-refractivity contribution in [1.82, 2.24) is 10.2 Å². The summed E-state index contributed by atoms with van der Waals surface area (Å²) >= 11 is 0. The molecule has 0 aliphatic carbocycles. The molecule has 0 aromatic carbocycles. The van der Waals surface area contributed by atoms with E-state index in [1.54, 1.807) is 4.90 Å². The normalized spacial score (nSPS) is 23.4. The highest BCUT2D eigenvalue weighted by Crippen LogP contribution is 2.16. The van der Waals surface area contributed by atoms with Crippen molar-refractivity contribution in [2.24, 2.45) is 5.92 Å². The number of rotatable bonds is 7. The number of hydrogen-bond donors (Lipinski definition) is 2. The second kappa shape index (κ2) is 9.15. The zero-order valence-electron chi connectivity index (χ0n) is 12.2. The molecule has 0 bridgehead atoms. The molecule has 2 unspecified atom stereocenters. The lowest BCUT2D eigenvalue weighted by molar-refractivity contribution is 0.0434. The molecule has 0 spiro atoms. The van der Waals surface area contributed by atoms with Crippen LogP contribution in [0.1, 0.15) is 39.5 Å². The molecule has 0 aromatic heterocycles. The van der Waals surface area contributed by atoms with E-state index in [0.29, 0.717) is 19.7 Å². The predicted octanol–water partition coefficient (Wildman–Crippen LogP) is 1.61. The first-order chi connectivity index (χ1) is 9.15. The summed E-state index contributed by atoms with van der Waals surface area (Å²) in [5.41, 5.74) is 0. The number of piperidine rings is 1. The Balaban J connectivity index is 2.04. The molecular formula is C14H28N2O3. The molecule has 1 fully saturated rings. The summed E-state index contributed by atoms with van der Waals surface area (Å²) < 4.78 is 5.43. The van der Waals surface area contributed by atoms with Gasteiger partial charge in [-0.25, -0.2) is 4.79 Å². The molecule has 5 heteroatoms. The van der Waals surface area contributed by atoms with Gasteiger partial charge in [0.15, 0.2) is 0 Å². The van der Waals surface area contributed by atoms with Crippen LogP contribution in [0.4, 0.5) is 4.79 Å². The summed E-state index contributed by atoms with van der Waals surface area (Å²) in [5.74, 6) is 0.288. The molecule has 0 saturated carbocycles. The second-order valence-corrected chi connectivity index (χ2v) is 5.33. The highest BCUT2D eigenvalue weighted by molar-refractivity contribution is 5.74. The van der Waals surface area contributed by atoms with Crippen LogP contribution in [-0.2, 0) is 4.74 Å². The maximum absolute atomic E-state index is 11.8. The Hall–Kier alpha value is -0.810. The lowest BCUT2D eigenvalue weighted by Gasteiger charge is -2.34. The third kappa shape index (κ3) is 6.25. The van der Waals surface area contributed by atoms with Gasteiger partial charge in [0.2, 0.25) is 0 Å². The van der Waals surface area contributed by atoms with Crippen LogP contribution in [0, 0.1) is 5.92 Å². The second-order valence-electron chi connectivity index (χ2n) is 5.33. The first-order valence-corrected chi connectivity index (χ1v) is 7.43. The van der Waals surface area contributed by atoms with Crippen molar-refractivity contribution in [3.8, 4) is 0 Å². The van der Waals surface area contributed by atoms with Gasteiger partial charge in [-0.05, 0) is 25.2 Å². The van der Waals surface area contributed by atoms with Gasteiger partial charge in [-0.15, -0.1) is 0 Å². The quantitative estimate of drug-likeness (QED) is 0.692. The largest absolute Gasteiger partial charge is 0.391 e. The van der Waals surface area contributed by atoms with E-state index in [4.69, 9.17) is 4.74 Å². The van der Waals surface area contributed by atoms with Crippen molar-refractivity contribution in [1.29, 1.82) is 0 Å². The number of aliphatic hydroxyl groups is 1. The van der Waals surface area contributed by atoms with Crippen molar-refractivity contribution in [3.63, 3.8) is 0 Å². The molecule has 1 rings (SSSR count). The summed E-state index contributed by atoms with van der Waals surface area (Å²) in [7, 11) is 0. The molecule has 1 heterocycles. The average molecular weight is 272 g/mol. The molecule has 5 nitrogen and oxygen atoms in total. The summed E-state index contributed by atoms with van der Waals surface area (Å²) in [6, 6.07) is -0.0699. The smallest absolute Gasteiger partial charge is 0.317 e. The highest BCUT2D eigenvalue weighted by atomic mass is 16.5. The first-order valence-electron chi connectivity index (χ1n) is 7.43. The monoisotopic (exact) mass is 272 g/mol. The van der Waals surface area contributed by atoms with Gasteiger partial charge in [-0.3, -0.25) is 0 Å². The van der Waals surface area contributed by atoms with Gasteiger partial charge >= 0.3 is 6.03 Å². The summed E-state index contributed by atoms with van der Waals surface area (Å²) in [5, 5.41) is 12.6. The molecule has 19 heavy (non-hydrogen) atoms. The fourth-order valence-electron chi connectivity index (χ4n) is 2.06. The maximum atomic E-state index is 11.8. The minimum Gasteiger partial charge on any atom is -0.391 e. The number of aliphatic hydroxyl groups excluding tert-OH is 1. The van der Waals surface area contributed by atoms with Crippen LogP contribution in [-0.4, -0.2) is 55.0 Å². The standard InChI is InChI=1S/C14H28N2O3/c1-3-4-9-19-10-5-7-15-14(18)16-8-6-12(2)13(17)11-16/h12-13,17H,3-11H2,1-2H3,(H,15,18). The number of amides is 2. The minimum atomic E-state index is -0.392. The molecule has 112 valence electrons. The number of nitrogens with zero attached hydrogens (tertiary/aromatic N) is 1. The predicted molar refractivity (Wildman–Crippen MR) is 75.1 cm³/mol. The maximum Gasteiger partial charge on any atom is 0.317 e. The Morgan fingerprint density at radius 2 is 2.16 bits per heavy atom. The van der Waals surface area contributed by atoms with Crippen LogP contribution in [0.3, 0.4) is 0 Å². The number of β-amino-alcohol motifs (C(OH)–C–C–N with tert-alkyl or cyclic N) is 1. The first kappa shape index (κ1) is 16.2. The van der Waals surface area contributed by atoms with Crippen molar-refractivity contribution in [2.45, 2.75) is 45.6 Å². The summed E-state index contributed by atoms with van der Waals surface area (Å²) in [6.07, 6.45) is 3.55. The van der Waals surface area contributed by atoms with E-state index in [-0.39, 0.29) is 11.9 Å². The zero-order valence-corrected chi connectivity index (χ0v) is 12.2. The number of urea groups is 1. The minimum absolute atomic E-state index is 0.0699. The van der Waals surface area contributed by atoms with E-state index in [2.05, 4.69) is 12.2 Å². The van der Waals surface area contributed by atoms with E-state index in [9.17, 15) is 9.90 Å². The Labute approximate surface area is 116 Å². The average Bonchev–Trinajstić information content (AvgIpc) is 2.40. The van der Waals surface area contributed by atoms with Crippen LogP contribution in [0.25, 0.3) is 0 Å². The van der Waals surface area contributed by atoms with Crippen molar-refractivity contribution in [3.05, 3.63) is 0 Å². The molecule has 2 amide bonds. The molecule has 1 saturated heterocycles. The van der Waals surface area contributed by atoms with Crippen molar-refractivity contribution in [2.75, 3.05) is 32.8 Å². The van der Waals surface area contributed by atoms with Gasteiger partial charge < -0.3 is 20.1 Å². The number of ether oxygens (including phenoxy) is 1. The van der Waals surface area contributed by atoms with Gasteiger partial charge in [0, 0.05) is 32.8 Å². The van der Waals surface area contributed by atoms with Crippen molar-refractivity contribution < 1.29 is 14.6 Å². The third-order valence-corrected chi connectivity index (χ3v) is 3.59. The fraction of sp³-hybridized carbons (Fsp3) is 0.929. The number of nitrogens with one attached hydrogen (secondary N) is 1. The van der Waals surface area contributed by atoms with Crippen LogP contribution < -0.4 is 5.32 Å². The Morgan fingerprint density at radius 3 is 2.84 bits per heavy atom. The van der Waals surface area contributed by atoms with Crippen LogP contribution in [0.2, 0.25) is 0 Å². The van der Waals surface area contributed by atoms with Gasteiger partial charge in [0.1, 0.15) is 0 Å². The van der Waals surface area contributed by atoms with E-state index >= 15 is 0 Å². The van der Waals surface area contributed by atoms with E-state index < -0.39 is 6.10 Å². The highest BCUT2D eigenvalue weighted by Gasteiger charge is 2.26. The van der Waals surface area contributed by atoms with Crippen LogP contribution in [0.15, 0.2) is 0 Å². The number of hydrogen-bond acceptors (Lipinski definition) is 3. The Morgan fingerprint density at radius 1 is 1.42 bits per heavy atom. The van der Waals surface area contributed by atoms with Gasteiger partial charge in [-0.2, -0.15) is 0 Å². The molecule has 1 aliphatic heterocycles. The topological polar surface area (TPSA) is 61.8 Å². The lowest BCUT2D eigenvalue weighted by Crippen LogP contribution is -2.49. The molecule has 0 aromatic rings. The number of carbonyl (C=O) groups excluding carboxylic acids is 1. The van der Waals surface area contributed by atoms with Crippen LogP contribution >= 0.6 is 0 Å². The number of carbonyl (C=O) groups is 1. The SMILES string of the molecule is CCCCOCCCNC(=O)N1CCC(C)C(O)C1. The zero-order chi connectivity index (χ0) is 14.1. The van der Waals surface area contributed by atoms with Gasteiger partial charge in [-0.1, -0.05) is 20.3 Å². The van der Waals surface area contributed by atoms with E-state index in [0.717, 1.165) is 38.8 Å². The molecule has 1 aliphatic rings. The number of unbranched alkanes of at least 4 members (excludes halogenated alkanes) is 1. The van der Waals surface area contributed by atoms with Gasteiger partial charge in [0.05, 0.1) is 6.10 Å². The molecule has 2 N–H and O–H groups in total. The Kier molecular flexibility index (Phi) is 7.82. The van der Waals surface area contributed by atoms with Crippen LogP contribution in [0.5, 0.6) is 0 Å². The summed E-state index contributed by atoms with van der Waals surface area (Å²) in [6.45, 7) is 7.47. The molecular weight excluding hydrogens is 244 g/mol. The molecule has 2 atom stereocenters. The molecule has 0 radical (unpaired) electrons. The fourth-order valence-corrected chi connectivity index (χ4v) is 2.06. The van der Waals surface area contributed by atoms with E-state index in [1.165, 1.54) is 0 Å². The third-order valence-electron chi connectivity index (χ3n) is 3.59. The van der Waals surface area contributed by atoms with E-state index in [1.807, 2.05) is 6.92 Å².